The highest BCUT2D eigenvalue weighted by atomic mass is 32.2. The molecular weight excluding hydrogens is 120 g/mol. The Morgan fingerprint density at radius 2 is 1.25 bits per heavy atom. The molecule has 8 heavy (non-hydrogen) atoms. The second-order valence-electron chi connectivity index (χ2n) is 1.82. The van der Waals surface area contributed by atoms with Gasteiger partial charge in [0, 0.05) is 13.1 Å². The Bertz CT molecular complexity index is 34.4. The minimum absolute atomic E-state index is 1.14. The lowest BCUT2D eigenvalue weighted by atomic mass is 10.6. The quantitative estimate of drug-likeness (QED) is 0.493. The molecule has 0 atom stereocenters. The van der Waals surface area contributed by atoms with Gasteiger partial charge in [0.05, 0.1) is 0 Å². The van der Waals surface area contributed by atoms with Crippen LogP contribution < -0.4 is 10.9 Å². The number of hydrogen-bond donors (Lipinski definition) is 2. The number of nitrogens with one attached hydrogen (secondary N) is 2. The third-order valence-corrected chi connectivity index (χ3v) is 2.23. The molecule has 0 unspecified atom stereocenters. The Kier molecular flexibility index (Phi) is 3.34. The maximum absolute atomic E-state index is 2.86. The first-order chi connectivity index (χ1) is 4.00. The first-order valence-corrected chi connectivity index (χ1v) is 4.19. The molecule has 0 aromatic carbocycles. The molecule has 2 aliphatic rings. The van der Waals surface area contributed by atoms with E-state index in [-0.39, 0.29) is 0 Å². The van der Waals surface area contributed by atoms with Crippen molar-refractivity contribution in [3.63, 3.8) is 0 Å². The molecule has 0 amide bonds. The molecule has 2 fully saturated rings. The van der Waals surface area contributed by atoms with E-state index >= 15 is 0 Å². The molecule has 48 valence electrons. The van der Waals surface area contributed by atoms with Crippen LogP contribution in [0.2, 0.25) is 0 Å². The topological polar surface area (TPSA) is 24.1 Å². The molecule has 0 spiro atoms. The van der Waals surface area contributed by atoms with Crippen molar-refractivity contribution in [1.29, 1.82) is 0 Å². The standard InChI is InChI=1S/C3H6S.C2H6N2/c2*1-2-4-3-1/h1-3H2;3-4H,1-2H2. The number of hydrazine groups is 1. The third-order valence-electron chi connectivity index (χ3n) is 1.08. The Hall–Kier alpha value is 0.270. The van der Waals surface area contributed by atoms with Crippen molar-refractivity contribution in [2.24, 2.45) is 0 Å². The molecule has 2 N–H and O–H groups in total. The van der Waals surface area contributed by atoms with Crippen molar-refractivity contribution in [2.45, 2.75) is 6.42 Å². The van der Waals surface area contributed by atoms with Gasteiger partial charge >= 0.3 is 0 Å². The van der Waals surface area contributed by atoms with Crippen molar-refractivity contribution in [3.8, 4) is 0 Å². The van der Waals surface area contributed by atoms with Gasteiger partial charge in [-0.3, -0.25) is 10.9 Å². The maximum atomic E-state index is 2.86. The van der Waals surface area contributed by atoms with E-state index in [1.807, 2.05) is 11.8 Å². The van der Waals surface area contributed by atoms with Crippen LogP contribution in [0.4, 0.5) is 0 Å². The van der Waals surface area contributed by atoms with E-state index in [0.717, 1.165) is 13.1 Å². The van der Waals surface area contributed by atoms with Crippen LogP contribution in [0.15, 0.2) is 0 Å². The SMILES string of the molecule is C1CNN1.C1CSC1. The minimum atomic E-state index is 1.14. The summed E-state index contributed by atoms with van der Waals surface area (Å²) in [5.74, 6) is 2.83. The van der Waals surface area contributed by atoms with Gasteiger partial charge in [-0.1, -0.05) is 0 Å². The van der Waals surface area contributed by atoms with Crippen molar-refractivity contribution in [3.05, 3.63) is 0 Å². The summed E-state index contributed by atoms with van der Waals surface area (Å²) in [5, 5.41) is 0. The van der Waals surface area contributed by atoms with Crippen LogP contribution in [-0.2, 0) is 0 Å². The molecule has 0 radical (unpaired) electrons. The van der Waals surface area contributed by atoms with Gasteiger partial charge in [-0.15, -0.1) is 0 Å². The van der Waals surface area contributed by atoms with Gasteiger partial charge in [-0.25, -0.2) is 0 Å². The molecular formula is C5H12N2S. The molecule has 2 heterocycles. The molecule has 0 aliphatic carbocycles. The number of rotatable bonds is 0. The maximum Gasteiger partial charge on any atom is 0.0239 e. The fourth-order valence-electron chi connectivity index (χ4n) is 0.269. The van der Waals surface area contributed by atoms with Crippen molar-refractivity contribution in [1.82, 2.24) is 10.9 Å². The lowest BCUT2D eigenvalue weighted by Gasteiger charge is -2.13. The fraction of sp³-hybridized carbons (Fsp3) is 1.00. The van der Waals surface area contributed by atoms with Gasteiger partial charge in [0.2, 0.25) is 0 Å². The van der Waals surface area contributed by atoms with Gasteiger partial charge in [0.25, 0.3) is 0 Å². The average molecular weight is 132 g/mol. The highest BCUT2D eigenvalue weighted by Crippen LogP contribution is 2.14. The highest BCUT2D eigenvalue weighted by molar-refractivity contribution is 8.00. The Balaban J connectivity index is 0.0000000800. The molecule has 2 rings (SSSR count). The van der Waals surface area contributed by atoms with Gasteiger partial charge in [-0.2, -0.15) is 11.8 Å². The van der Waals surface area contributed by atoms with E-state index in [2.05, 4.69) is 10.9 Å². The van der Waals surface area contributed by atoms with Crippen LogP contribution in [0.5, 0.6) is 0 Å². The number of hydrogen-bond acceptors (Lipinski definition) is 3. The van der Waals surface area contributed by atoms with Gasteiger partial charge < -0.3 is 0 Å². The summed E-state index contributed by atoms with van der Waals surface area (Å²) in [7, 11) is 0. The van der Waals surface area contributed by atoms with Crippen LogP contribution >= 0.6 is 11.8 Å². The van der Waals surface area contributed by atoms with E-state index in [1.54, 1.807) is 0 Å². The van der Waals surface area contributed by atoms with E-state index in [4.69, 9.17) is 0 Å². The molecule has 0 aromatic rings. The summed E-state index contributed by atoms with van der Waals surface area (Å²) in [5.41, 5.74) is 5.72. The Labute approximate surface area is 54.4 Å². The zero-order valence-corrected chi connectivity index (χ0v) is 5.76. The third kappa shape index (κ3) is 2.55. The van der Waals surface area contributed by atoms with Crippen LogP contribution in [0, 0.1) is 0 Å². The zero-order chi connectivity index (χ0) is 5.66. The van der Waals surface area contributed by atoms with Crippen molar-refractivity contribution >= 4 is 11.8 Å². The van der Waals surface area contributed by atoms with Crippen LogP contribution in [0.3, 0.4) is 0 Å². The van der Waals surface area contributed by atoms with E-state index < -0.39 is 0 Å². The summed E-state index contributed by atoms with van der Waals surface area (Å²) in [6.45, 7) is 2.28. The highest BCUT2D eigenvalue weighted by Gasteiger charge is 1.95. The minimum Gasteiger partial charge on any atom is -0.256 e. The molecule has 0 saturated carbocycles. The largest absolute Gasteiger partial charge is 0.256 e. The van der Waals surface area contributed by atoms with E-state index in [1.165, 1.54) is 17.9 Å². The van der Waals surface area contributed by atoms with Crippen molar-refractivity contribution < 1.29 is 0 Å². The van der Waals surface area contributed by atoms with Gasteiger partial charge in [0.15, 0.2) is 0 Å². The molecule has 0 aromatic heterocycles. The summed E-state index contributed by atoms with van der Waals surface area (Å²) in [4.78, 5) is 0. The molecule has 2 nitrogen and oxygen atoms in total. The van der Waals surface area contributed by atoms with Crippen molar-refractivity contribution in [2.75, 3.05) is 24.6 Å². The van der Waals surface area contributed by atoms with Crippen LogP contribution in [0.25, 0.3) is 0 Å². The number of thioether (sulfide) groups is 1. The summed E-state index contributed by atoms with van der Waals surface area (Å²) < 4.78 is 0. The fourth-order valence-corrected chi connectivity index (χ4v) is 0.558. The first-order valence-electron chi connectivity index (χ1n) is 3.03. The second-order valence-corrected chi connectivity index (χ2v) is 3.04. The smallest absolute Gasteiger partial charge is 0.0239 e. The average Bonchev–Trinajstić information content (AvgIpc) is 1.12. The predicted octanol–water partition coefficient (Wildman–Crippen LogP) is 0.217. The van der Waals surface area contributed by atoms with Gasteiger partial charge in [0.1, 0.15) is 0 Å². The molecule has 2 aliphatic heterocycles. The Morgan fingerprint density at radius 1 is 1.00 bits per heavy atom. The first kappa shape index (κ1) is 6.39. The summed E-state index contributed by atoms with van der Waals surface area (Å²) in [6.07, 6.45) is 1.46. The second kappa shape index (κ2) is 4.18. The summed E-state index contributed by atoms with van der Waals surface area (Å²) in [6, 6.07) is 0. The Morgan fingerprint density at radius 3 is 1.25 bits per heavy atom. The van der Waals surface area contributed by atoms with E-state index in [9.17, 15) is 0 Å². The monoisotopic (exact) mass is 132 g/mol. The zero-order valence-electron chi connectivity index (χ0n) is 4.94. The predicted molar refractivity (Wildman–Crippen MR) is 37.9 cm³/mol. The molecule has 2 saturated heterocycles. The summed E-state index contributed by atoms with van der Waals surface area (Å²) >= 11 is 2.04. The van der Waals surface area contributed by atoms with Crippen LogP contribution in [-0.4, -0.2) is 24.6 Å². The molecule has 0 bridgehead atoms. The normalized spacial score (nSPS) is 24.0. The van der Waals surface area contributed by atoms with Crippen LogP contribution in [0.1, 0.15) is 6.42 Å². The lowest BCUT2D eigenvalue weighted by molar-refractivity contribution is 0.423. The lowest BCUT2D eigenvalue weighted by Crippen LogP contribution is -2.49. The van der Waals surface area contributed by atoms with Gasteiger partial charge in [-0.05, 0) is 17.9 Å². The molecule has 3 heteroatoms. The van der Waals surface area contributed by atoms with E-state index in [0.29, 0.717) is 0 Å².